The molecule has 2 heterocycles. The van der Waals surface area contributed by atoms with Gasteiger partial charge in [0.2, 0.25) is 11.9 Å². The second-order valence-corrected chi connectivity index (χ2v) is 6.79. The van der Waals surface area contributed by atoms with Crippen LogP contribution in [0.4, 0.5) is 11.6 Å². The first-order valence-electron chi connectivity index (χ1n) is 9.10. The zero-order chi connectivity index (χ0) is 19.4. The molecule has 0 radical (unpaired) electrons. The van der Waals surface area contributed by atoms with Crippen molar-refractivity contribution in [2.24, 2.45) is 5.92 Å². The van der Waals surface area contributed by atoms with E-state index in [-0.39, 0.29) is 11.8 Å². The highest BCUT2D eigenvalue weighted by Gasteiger charge is 2.28. The number of amides is 1. The maximum atomic E-state index is 12.8. The van der Waals surface area contributed by atoms with E-state index in [1.807, 2.05) is 19.9 Å². The van der Waals surface area contributed by atoms with E-state index in [1.165, 1.54) is 0 Å². The Bertz CT molecular complexity index is 805. The molecule has 1 saturated heterocycles. The molecule has 3 rings (SSSR count). The smallest absolute Gasteiger partial charge is 0.229 e. The Morgan fingerprint density at radius 1 is 1.15 bits per heavy atom. The van der Waals surface area contributed by atoms with Crippen LogP contribution in [0.15, 0.2) is 24.3 Å². The standard InChI is InChI=1S/C20H26N4O3/c1-13-10-14(2)22-20(21-13)24-9-5-6-15(12-24)19(25)23-17-8-7-16(26-3)11-18(17)27-4/h7-8,10-11,15H,5-6,9,12H2,1-4H3,(H,23,25). The van der Waals surface area contributed by atoms with Crippen molar-refractivity contribution in [3.05, 3.63) is 35.7 Å². The second kappa shape index (κ2) is 8.24. The van der Waals surface area contributed by atoms with Crippen LogP contribution in [0.25, 0.3) is 0 Å². The van der Waals surface area contributed by atoms with Crippen molar-refractivity contribution < 1.29 is 14.3 Å². The Hall–Kier alpha value is -2.83. The van der Waals surface area contributed by atoms with Gasteiger partial charge >= 0.3 is 0 Å². The summed E-state index contributed by atoms with van der Waals surface area (Å²) in [5.74, 6) is 1.81. The van der Waals surface area contributed by atoms with Crippen molar-refractivity contribution in [3.63, 3.8) is 0 Å². The maximum absolute atomic E-state index is 12.8. The van der Waals surface area contributed by atoms with Crippen LogP contribution >= 0.6 is 0 Å². The molecule has 1 fully saturated rings. The molecule has 2 aromatic rings. The summed E-state index contributed by atoms with van der Waals surface area (Å²) in [7, 11) is 3.17. The normalized spacial score (nSPS) is 16.7. The molecule has 1 aliphatic rings. The summed E-state index contributed by atoms with van der Waals surface area (Å²) in [4.78, 5) is 24.0. The highest BCUT2D eigenvalue weighted by molar-refractivity contribution is 5.94. The van der Waals surface area contributed by atoms with E-state index in [9.17, 15) is 4.79 Å². The van der Waals surface area contributed by atoms with Gasteiger partial charge in [0.25, 0.3) is 0 Å². The van der Waals surface area contributed by atoms with Crippen molar-refractivity contribution in [2.45, 2.75) is 26.7 Å². The summed E-state index contributed by atoms with van der Waals surface area (Å²) in [5, 5.41) is 2.99. The average Bonchev–Trinajstić information content (AvgIpc) is 2.67. The van der Waals surface area contributed by atoms with Crippen molar-refractivity contribution >= 4 is 17.5 Å². The molecule has 27 heavy (non-hydrogen) atoms. The molecule has 7 nitrogen and oxygen atoms in total. The number of rotatable bonds is 5. The van der Waals surface area contributed by atoms with Gasteiger partial charge < -0.3 is 19.7 Å². The number of hydrogen-bond donors (Lipinski definition) is 1. The lowest BCUT2D eigenvalue weighted by Gasteiger charge is -2.32. The van der Waals surface area contributed by atoms with Crippen LogP contribution in [-0.4, -0.2) is 43.2 Å². The van der Waals surface area contributed by atoms with Gasteiger partial charge in [0.05, 0.1) is 25.8 Å². The number of nitrogens with zero attached hydrogens (tertiary/aromatic N) is 3. The van der Waals surface area contributed by atoms with E-state index in [4.69, 9.17) is 9.47 Å². The fraction of sp³-hybridized carbons (Fsp3) is 0.450. The second-order valence-electron chi connectivity index (χ2n) is 6.79. The molecule has 1 aromatic carbocycles. The molecule has 1 unspecified atom stereocenters. The summed E-state index contributed by atoms with van der Waals surface area (Å²) in [6.07, 6.45) is 1.76. The van der Waals surface area contributed by atoms with E-state index in [0.717, 1.165) is 30.8 Å². The van der Waals surface area contributed by atoms with Gasteiger partial charge in [-0.2, -0.15) is 0 Å². The number of nitrogens with one attached hydrogen (secondary N) is 1. The first-order valence-corrected chi connectivity index (χ1v) is 9.10. The Kier molecular flexibility index (Phi) is 5.78. The Morgan fingerprint density at radius 2 is 1.89 bits per heavy atom. The van der Waals surface area contributed by atoms with Crippen molar-refractivity contribution in [2.75, 3.05) is 37.5 Å². The fourth-order valence-corrected chi connectivity index (χ4v) is 3.36. The minimum Gasteiger partial charge on any atom is -0.497 e. The highest BCUT2D eigenvalue weighted by Crippen LogP contribution is 2.30. The average molecular weight is 370 g/mol. The number of methoxy groups -OCH3 is 2. The molecule has 1 aromatic heterocycles. The number of aryl methyl sites for hydroxylation is 2. The molecule has 1 N–H and O–H groups in total. The Labute approximate surface area is 159 Å². The Morgan fingerprint density at radius 3 is 2.56 bits per heavy atom. The summed E-state index contributed by atoms with van der Waals surface area (Å²) >= 11 is 0. The van der Waals surface area contributed by atoms with Crippen LogP contribution in [0.3, 0.4) is 0 Å². The van der Waals surface area contributed by atoms with Gasteiger partial charge in [0, 0.05) is 30.5 Å². The van der Waals surface area contributed by atoms with Crippen LogP contribution in [0.2, 0.25) is 0 Å². The van der Waals surface area contributed by atoms with E-state index in [2.05, 4.69) is 20.2 Å². The predicted octanol–water partition coefficient (Wildman–Crippen LogP) is 2.97. The minimum absolute atomic E-state index is 0.0208. The summed E-state index contributed by atoms with van der Waals surface area (Å²) in [6.45, 7) is 5.39. The van der Waals surface area contributed by atoms with E-state index >= 15 is 0 Å². The van der Waals surface area contributed by atoms with Crippen molar-refractivity contribution in [1.82, 2.24) is 9.97 Å². The van der Waals surface area contributed by atoms with Crippen LogP contribution in [0.1, 0.15) is 24.2 Å². The summed E-state index contributed by atoms with van der Waals surface area (Å²) in [5.41, 5.74) is 2.52. The third-order valence-electron chi connectivity index (χ3n) is 4.71. The number of anilines is 2. The third-order valence-corrected chi connectivity index (χ3v) is 4.71. The predicted molar refractivity (Wildman–Crippen MR) is 105 cm³/mol. The van der Waals surface area contributed by atoms with Gasteiger partial charge in [-0.3, -0.25) is 4.79 Å². The van der Waals surface area contributed by atoms with Gasteiger partial charge in [0.1, 0.15) is 11.5 Å². The van der Waals surface area contributed by atoms with Crippen LogP contribution in [0.5, 0.6) is 11.5 Å². The van der Waals surface area contributed by atoms with Gasteiger partial charge in [-0.15, -0.1) is 0 Å². The molecular weight excluding hydrogens is 344 g/mol. The Balaban J connectivity index is 1.72. The van der Waals surface area contributed by atoms with Crippen molar-refractivity contribution in [1.29, 1.82) is 0 Å². The highest BCUT2D eigenvalue weighted by atomic mass is 16.5. The van der Waals surface area contributed by atoms with E-state index < -0.39 is 0 Å². The molecule has 1 aliphatic heterocycles. The molecular formula is C20H26N4O3. The number of hydrogen-bond acceptors (Lipinski definition) is 6. The molecule has 0 spiro atoms. The molecule has 0 aliphatic carbocycles. The SMILES string of the molecule is COc1ccc(NC(=O)C2CCCN(c3nc(C)cc(C)n3)C2)c(OC)c1. The minimum atomic E-state index is -0.130. The molecule has 1 amide bonds. The molecule has 7 heteroatoms. The number of benzene rings is 1. The topological polar surface area (TPSA) is 76.6 Å². The lowest BCUT2D eigenvalue weighted by Crippen LogP contribution is -2.41. The van der Waals surface area contributed by atoms with Crippen LogP contribution < -0.4 is 19.7 Å². The summed E-state index contributed by atoms with van der Waals surface area (Å²) < 4.78 is 10.6. The summed E-state index contributed by atoms with van der Waals surface area (Å²) in [6, 6.07) is 7.30. The number of aromatic nitrogens is 2. The third kappa shape index (κ3) is 4.48. The van der Waals surface area contributed by atoms with Gasteiger partial charge in [-0.1, -0.05) is 0 Å². The zero-order valence-electron chi connectivity index (χ0n) is 16.3. The quantitative estimate of drug-likeness (QED) is 0.872. The molecule has 0 saturated carbocycles. The number of ether oxygens (including phenoxy) is 2. The van der Waals surface area contributed by atoms with E-state index in [0.29, 0.717) is 29.7 Å². The first-order chi connectivity index (χ1) is 13.0. The van der Waals surface area contributed by atoms with Gasteiger partial charge in [-0.05, 0) is 44.9 Å². The van der Waals surface area contributed by atoms with Crippen molar-refractivity contribution in [3.8, 4) is 11.5 Å². The molecule has 0 bridgehead atoms. The maximum Gasteiger partial charge on any atom is 0.229 e. The van der Waals surface area contributed by atoms with E-state index in [1.54, 1.807) is 32.4 Å². The number of carbonyl (C=O) groups excluding carboxylic acids is 1. The number of piperidine rings is 1. The van der Waals surface area contributed by atoms with Gasteiger partial charge in [0.15, 0.2) is 0 Å². The lowest BCUT2D eigenvalue weighted by molar-refractivity contribution is -0.120. The molecule has 1 atom stereocenters. The lowest BCUT2D eigenvalue weighted by atomic mass is 9.97. The fourth-order valence-electron chi connectivity index (χ4n) is 3.36. The molecule has 144 valence electrons. The number of carbonyl (C=O) groups is 1. The first kappa shape index (κ1) is 18.9. The van der Waals surface area contributed by atoms with Gasteiger partial charge in [-0.25, -0.2) is 9.97 Å². The monoisotopic (exact) mass is 370 g/mol. The largest absolute Gasteiger partial charge is 0.497 e. The zero-order valence-corrected chi connectivity index (χ0v) is 16.3. The van der Waals surface area contributed by atoms with Crippen LogP contribution in [-0.2, 0) is 4.79 Å². The van der Waals surface area contributed by atoms with Crippen LogP contribution in [0, 0.1) is 19.8 Å².